The van der Waals surface area contributed by atoms with Crippen LogP contribution in [0.2, 0.25) is 0 Å². The number of aromatic carboxylic acids is 1. The number of anilines is 1. The molecular weight excluding hydrogens is 262 g/mol. The van der Waals surface area contributed by atoms with Crippen molar-refractivity contribution in [3.05, 3.63) is 29.8 Å². The molecule has 0 heterocycles. The van der Waals surface area contributed by atoms with Gasteiger partial charge < -0.3 is 15.5 Å². The Hall–Kier alpha value is -2.37. The van der Waals surface area contributed by atoms with Gasteiger partial charge in [-0.3, -0.25) is 9.59 Å². The Labute approximate surface area is 115 Å². The summed E-state index contributed by atoms with van der Waals surface area (Å²) in [7, 11) is 0. The van der Waals surface area contributed by atoms with Crippen LogP contribution in [0.5, 0.6) is 0 Å². The van der Waals surface area contributed by atoms with Crippen molar-refractivity contribution in [1.29, 1.82) is 0 Å². The molecule has 106 valence electrons. The molecule has 6 nitrogen and oxygen atoms in total. The number of hydrogen-bond acceptors (Lipinski definition) is 3. The van der Waals surface area contributed by atoms with E-state index in [1.165, 1.54) is 12.1 Å². The van der Waals surface area contributed by atoms with E-state index in [1.807, 2.05) is 0 Å². The molecule has 2 rings (SSSR count). The number of carboxylic acids is 2. The van der Waals surface area contributed by atoms with Crippen molar-refractivity contribution in [2.45, 2.75) is 19.3 Å². The topological polar surface area (TPSA) is 104 Å². The maximum Gasteiger partial charge on any atom is 0.337 e. The first-order chi connectivity index (χ1) is 9.49. The Morgan fingerprint density at radius 3 is 2.30 bits per heavy atom. The van der Waals surface area contributed by atoms with Gasteiger partial charge in [0.2, 0.25) is 5.91 Å². The average molecular weight is 277 g/mol. The van der Waals surface area contributed by atoms with E-state index >= 15 is 0 Å². The van der Waals surface area contributed by atoms with Crippen LogP contribution < -0.4 is 5.32 Å². The van der Waals surface area contributed by atoms with Crippen LogP contribution in [0.25, 0.3) is 0 Å². The van der Waals surface area contributed by atoms with Crippen molar-refractivity contribution in [1.82, 2.24) is 0 Å². The molecule has 0 spiro atoms. The number of para-hydroxylation sites is 1. The highest BCUT2D eigenvalue weighted by Gasteiger charge is 2.34. The molecule has 1 amide bonds. The lowest BCUT2D eigenvalue weighted by Gasteiger charge is -2.12. The van der Waals surface area contributed by atoms with Crippen molar-refractivity contribution in [3.8, 4) is 0 Å². The van der Waals surface area contributed by atoms with Crippen LogP contribution in [0.4, 0.5) is 5.69 Å². The Kier molecular flexibility index (Phi) is 4.02. The minimum atomic E-state index is -1.12. The van der Waals surface area contributed by atoms with Gasteiger partial charge in [-0.1, -0.05) is 12.1 Å². The zero-order valence-corrected chi connectivity index (χ0v) is 10.7. The van der Waals surface area contributed by atoms with E-state index in [0.29, 0.717) is 19.3 Å². The van der Waals surface area contributed by atoms with E-state index in [9.17, 15) is 14.4 Å². The third-order valence-corrected chi connectivity index (χ3v) is 3.57. The molecule has 2 atom stereocenters. The lowest BCUT2D eigenvalue weighted by molar-refractivity contribution is -0.141. The van der Waals surface area contributed by atoms with Gasteiger partial charge in [-0.2, -0.15) is 0 Å². The van der Waals surface area contributed by atoms with E-state index in [4.69, 9.17) is 10.2 Å². The number of amides is 1. The van der Waals surface area contributed by atoms with Crippen LogP contribution in [0.3, 0.4) is 0 Å². The molecule has 0 radical (unpaired) electrons. The molecule has 1 saturated carbocycles. The summed E-state index contributed by atoms with van der Waals surface area (Å²) in [4.78, 5) is 34.0. The van der Waals surface area contributed by atoms with Gasteiger partial charge in [-0.05, 0) is 31.4 Å². The van der Waals surface area contributed by atoms with Gasteiger partial charge >= 0.3 is 11.9 Å². The fourth-order valence-electron chi connectivity index (χ4n) is 2.46. The summed E-state index contributed by atoms with van der Waals surface area (Å²) >= 11 is 0. The van der Waals surface area contributed by atoms with Crippen molar-refractivity contribution in [2.75, 3.05) is 5.32 Å². The molecule has 1 aliphatic carbocycles. The minimum absolute atomic E-state index is 0.0219. The van der Waals surface area contributed by atoms with Gasteiger partial charge in [-0.25, -0.2) is 4.79 Å². The van der Waals surface area contributed by atoms with E-state index in [0.717, 1.165) is 0 Å². The summed E-state index contributed by atoms with van der Waals surface area (Å²) in [5, 5.41) is 20.5. The number of benzene rings is 1. The number of hydrogen-bond donors (Lipinski definition) is 3. The van der Waals surface area contributed by atoms with Crippen molar-refractivity contribution < 1.29 is 24.6 Å². The average Bonchev–Trinajstić information content (AvgIpc) is 2.89. The minimum Gasteiger partial charge on any atom is -0.481 e. The number of carbonyl (C=O) groups is 3. The van der Waals surface area contributed by atoms with E-state index in [-0.39, 0.29) is 23.1 Å². The maximum atomic E-state index is 12.1. The Morgan fingerprint density at radius 2 is 1.70 bits per heavy atom. The third kappa shape index (κ3) is 2.96. The lowest BCUT2D eigenvalue weighted by atomic mass is 10.0. The highest BCUT2D eigenvalue weighted by molar-refractivity contribution is 6.01. The number of carbonyl (C=O) groups excluding carboxylic acids is 1. The van der Waals surface area contributed by atoms with Crippen LogP contribution in [-0.2, 0) is 9.59 Å². The number of nitrogens with one attached hydrogen (secondary N) is 1. The Morgan fingerprint density at radius 1 is 1.05 bits per heavy atom. The summed E-state index contributed by atoms with van der Waals surface area (Å²) in [5.41, 5.74) is 0.261. The maximum absolute atomic E-state index is 12.1. The van der Waals surface area contributed by atoms with Crippen molar-refractivity contribution in [3.63, 3.8) is 0 Å². The second-order valence-corrected chi connectivity index (χ2v) is 4.89. The molecule has 20 heavy (non-hydrogen) atoms. The monoisotopic (exact) mass is 277 g/mol. The molecule has 0 aromatic heterocycles. The largest absolute Gasteiger partial charge is 0.481 e. The van der Waals surface area contributed by atoms with Gasteiger partial charge in [-0.15, -0.1) is 0 Å². The molecule has 3 N–H and O–H groups in total. The molecule has 0 saturated heterocycles. The number of aliphatic carboxylic acids is 1. The van der Waals surface area contributed by atoms with Gasteiger partial charge in [0.1, 0.15) is 0 Å². The fraction of sp³-hybridized carbons (Fsp3) is 0.357. The fourth-order valence-corrected chi connectivity index (χ4v) is 2.46. The van der Waals surface area contributed by atoms with E-state index < -0.39 is 17.9 Å². The SMILES string of the molecule is O=C(O)c1ccccc1NC(=O)[C@@H]1CC[C@H](C(=O)O)C1. The first kappa shape index (κ1) is 14.0. The second kappa shape index (κ2) is 5.73. The Balaban J connectivity index is 2.06. The smallest absolute Gasteiger partial charge is 0.337 e. The summed E-state index contributed by atoms with van der Waals surface area (Å²) in [6.07, 6.45) is 1.29. The van der Waals surface area contributed by atoms with E-state index in [2.05, 4.69) is 5.32 Å². The highest BCUT2D eigenvalue weighted by Crippen LogP contribution is 2.32. The quantitative estimate of drug-likeness (QED) is 0.778. The molecule has 6 heteroatoms. The highest BCUT2D eigenvalue weighted by atomic mass is 16.4. The number of carboxylic acid groups (broad SMARTS) is 2. The molecule has 1 aromatic carbocycles. The third-order valence-electron chi connectivity index (χ3n) is 3.57. The number of rotatable bonds is 4. The van der Waals surface area contributed by atoms with Gasteiger partial charge in [0.25, 0.3) is 0 Å². The molecule has 1 aliphatic rings. The molecule has 1 fully saturated rings. The van der Waals surface area contributed by atoms with Crippen molar-refractivity contribution in [2.24, 2.45) is 11.8 Å². The van der Waals surface area contributed by atoms with Crippen LogP contribution in [0.1, 0.15) is 29.6 Å². The van der Waals surface area contributed by atoms with Crippen LogP contribution >= 0.6 is 0 Å². The van der Waals surface area contributed by atoms with Crippen LogP contribution in [-0.4, -0.2) is 28.1 Å². The van der Waals surface area contributed by atoms with Crippen molar-refractivity contribution >= 4 is 23.5 Å². The predicted molar refractivity (Wildman–Crippen MR) is 70.5 cm³/mol. The summed E-state index contributed by atoms with van der Waals surface area (Å²) in [6.45, 7) is 0. The molecule has 1 aromatic rings. The first-order valence-corrected chi connectivity index (χ1v) is 6.35. The summed E-state index contributed by atoms with van der Waals surface area (Å²) < 4.78 is 0. The van der Waals surface area contributed by atoms with Gasteiger partial charge in [0.05, 0.1) is 17.2 Å². The van der Waals surface area contributed by atoms with Crippen LogP contribution in [0.15, 0.2) is 24.3 Å². The summed E-state index contributed by atoms with van der Waals surface area (Å²) in [5.74, 6) is -3.18. The van der Waals surface area contributed by atoms with Crippen LogP contribution in [0, 0.1) is 11.8 Å². The zero-order chi connectivity index (χ0) is 14.7. The van der Waals surface area contributed by atoms with Gasteiger partial charge in [0, 0.05) is 5.92 Å². The summed E-state index contributed by atoms with van der Waals surface area (Å²) in [6, 6.07) is 6.14. The zero-order valence-electron chi connectivity index (χ0n) is 10.7. The predicted octanol–water partition coefficient (Wildman–Crippen LogP) is 1.82. The standard InChI is InChI=1S/C14H15NO5/c16-12(8-5-6-9(7-8)13(17)18)15-11-4-2-1-3-10(11)14(19)20/h1-4,8-9H,5-7H2,(H,15,16)(H,17,18)(H,19,20)/t8-,9+/m1/s1. The first-order valence-electron chi connectivity index (χ1n) is 6.35. The molecular formula is C14H15NO5. The molecule has 0 bridgehead atoms. The molecule has 0 aliphatic heterocycles. The normalized spacial score (nSPS) is 21.4. The second-order valence-electron chi connectivity index (χ2n) is 4.89. The Bertz CT molecular complexity index is 554. The van der Waals surface area contributed by atoms with Gasteiger partial charge in [0.15, 0.2) is 0 Å². The van der Waals surface area contributed by atoms with E-state index in [1.54, 1.807) is 12.1 Å². The lowest BCUT2D eigenvalue weighted by Crippen LogP contribution is -2.22. The molecule has 0 unspecified atom stereocenters.